The molecule has 3 aliphatic rings. The van der Waals surface area contributed by atoms with Gasteiger partial charge in [0.1, 0.15) is 5.75 Å². The molecule has 3 aliphatic carbocycles. The van der Waals surface area contributed by atoms with Gasteiger partial charge in [0.2, 0.25) is 0 Å². The molecule has 1 aromatic rings. The maximum Gasteiger partial charge on any atom is 0.127 e. The van der Waals surface area contributed by atoms with Gasteiger partial charge in [-0.2, -0.15) is 0 Å². The summed E-state index contributed by atoms with van der Waals surface area (Å²) in [6, 6.07) is 6.74. The van der Waals surface area contributed by atoms with Gasteiger partial charge in [0, 0.05) is 11.8 Å². The zero-order chi connectivity index (χ0) is 15.2. The Morgan fingerprint density at radius 2 is 2.05 bits per heavy atom. The number of methoxy groups -OCH3 is 1. The Hall–Kier alpha value is -1.31. The van der Waals surface area contributed by atoms with Crippen LogP contribution < -0.4 is 4.74 Å². The van der Waals surface area contributed by atoms with Gasteiger partial charge in [-0.15, -0.1) is 0 Å². The van der Waals surface area contributed by atoms with Crippen LogP contribution in [0, 0.1) is 30.1 Å². The van der Waals surface area contributed by atoms with Gasteiger partial charge in [0.05, 0.1) is 13.2 Å². The molecule has 0 unspecified atom stereocenters. The fourth-order valence-corrected chi connectivity index (χ4v) is 4.45. The van der Waals surface area contributed by atoms with Crippen molar-refractivity contribution in [3.05, 3.63) is 29.3 Å². The minimum absolute atomic E-state index is 0.479. The number of rotatable bonds is 3. The van der Waals surface area contributed by atoms with Gasteiger partial charge < -0.3 is 4.74 Å². The highest BCUT2D eigenvalue weighted by molar-refractivity contribution is 5.84. The molecule has 3 fully saturated rings. The van der Waals surface area contributed by atoms with E-state index in [0.29, 0.717) is 17.4 Å². The highest BCUT2D eigenvalue weighted by Gasteiger charge is 2.56. The third kappa shape index (κ3) is 2.39. The van der Waals surface area contributed by atoms with Gasteiger partial charge in [-0.3, -0.25) is 4.99 Å². The molecule has 0 N–H and O–H groups in total. The van der Waals surface area contributed by atoms with E-state index in [1.165, 1.54) is 18.4 Å². The first kappa shape index (κ1) is 14.6. The molecule has 3 saturated carbocycles. The van der Waals surface area contributed by atoms with Crippen LogP contribution in [0.5, 0.6) is 5.75 Å². The van der Waals surface area contributed by atoms with Gasteiger partial charge in [-0.1, -0.05) is 32.4 Å². The summed E-state index contributed by atoms with van der Waals surface area (Å²) < 4.78 is 5.44. The van der Waals surface area contributed by atoms with Crippen molar-refractivity contribution in [3.8, 4) is 5.75 Å². The lowest BCUT2D eigenvalue weighted by Crippen LogP contribution is -2.56. The Balaban J connectivity index is 1.77. The normalized spacial score (nSPS) is 33.8. The fraction of sp³-hybridized carbons (Fsp3) is 0.632. The largest absolute Gasteiger partial charge is 0.496 e. The number of hydrogen-bond donors (Lipinski definition) is 0. The summed E-state index contributed by atoms with van der Waals surface area (Å²) in [5, 5.41) is 0. The quantitative estimate of drug-likeness (QED) is 0.750. The van der Waals surface area contributed by atoms with Crippen LogP contribution in [0.15, 0.2) is 23.2 Å². The lowest BCUT2D eigenvalue weighted by atomic mass is 9.45. The van der Waals surface area contributed by atoms with Gasteiger partial charge in [0.25, 0.3) is 0 Å². The van der Waals surface area contributed by atoms with Crippen molar-refractivity contribution < 1.29 is 4.74 Å². The molecule has 4 atom stereocenters. The zero-order valence-corrected chi connectivity index (χ0v) is 13.9. The average molecular weight is 285 g/mol. The van der Waals surface area contributed by atoms with Gasteiger partial charge in [0.15, 0.2) is 0 Å². The van der Waals surface area contributed by atoms with E-state index in [2.05, 4.69) is 39.8 Å². The summed E-state index contributed by atoms with van der Waals surface area (Å²) in [5.41, 5.74) is 2.88. The van der Waals surface area contributed by atoms with Crippen LogP contribution in [0.25, 0.3) is 0 Å². The molecule has 4 rings (SSSR count). The van der Waals surface area contributed by atoms with Crippen LogP contribution in [0.4, 0.5) is 0 Å². The second-order valence-electron chi connectivity index (χ2n) is 7.55. The van der Waals surface area contributed by atoms with E-state index < -0.39 is 0 Å². The van der Waals surface area contributed by atoms with E-state index in [9.17, 15) is 0 Å². The molecule has 0 spiro atoms. The molecule has 0 amide bonds. The van der Waals surface area contributed by atoms with Crippen LogP contribution in [0.2, 0.25) is 0 Å². The van der Waals surface area contributed by atoms with Crippen LogP contribution in [0.1, 0.15) is 44.7 Å². The van der Waals surface area contributed by atoms with Gasteiger partial charge >= 0.3 is 0 Å². The Morgan fingerprint density at radius 1 is 1.29 bits per heavy atom. The molecule has 0 heterocycles. The molecular formula is C19H27NO. The Morgan fingerprint density at radius 3 is 2.67 bits per heavy atom. The first-order valence-electron chi connectivity index (χ1n) is 8.11. The smallest absolute Gasteiger partial charge is 0.127 e. The summed E-state index contributed by atoms with van der Waals surface area (Å²) in [4.78, 5) is 4.93. The van der Waals surface area contributed by atoms with Crippen LogP contribution >= 0.6 is 0 Å². The van der Waals surface area contributed by atoms with Crippen molar-refractivity contribution in [2.24, 2.45) is 28.2 Å². The lowest BCUT2D eigenvalue weighted by Gasteiger charge is -2.61. The second-order valence-corrected chi connectivity index (χ2v) is 7.55. The number of aryl methyl sites for hydroxylation is 1. The molecule has 1 aromatic carbocycles. The highest BCUT2D eigenvalue weighted by atomic mass is 16.5. The van der Waals surface area contributed by atoms with Crippen molar-refractivity contribution in [3.63, 3.8) is 0 Å². The van der Waals surface area contributed by atoms with E-state index >= 15 is 0 Å². The number of ether oxygens (including phenoxy) is 1. The molecule has 0 saturated heterocycles. The summed E-state index contributed by atoms with van der Waals surface area (Å²) in [6.45, 7) is 9.37. The monoisotopic (exact) mass is 285 g/mol. The number of hydrogen-bond acceptors (Lipinski definition) is 2. The van der Waals surface area contributed by atoms with E-state index in [1.807, 2.05) is 12.3 Å². The summed E-state index contributed by atoms with van der Waals surface area (Å²) >= 11 is 0. The minimum Gasteiger partial charge on any atom is -0.496 e. The summed E-state index contributed by atoms with van der Waals surface area (Å²) in [7, 11) is 1.73. The van der Waals surface area contributed by atoms with Crippen molar-refractivity contribution >= 4 is 6.21 Å². The summed E-state index contributed by atoms with van der Waals surface area (Å²) in [5.74, 6) is 3.31. The molecule has 2 bridgehead atoms. The number of benzene rings is 1. The van der Waals surface area contributed by atoms with Crippen molar-refractivity contribution in [1.29, 1.82) is 0 Å². The SMILES string of the molecule is COc1ccc(C)cc1/C=N/[C@@H]1C[C@@H]2C[C@H]([C@H]1C)C2(C)C. The minimum atomic E-state index is 0.479. The summed E-state index contributed by atoms with van der Waals surface area (Å²) in [6.07, 6.45) is 4.69. The third-order valence-corrected chi connectivity index (χ3v) is 6.10. The molecule has 0 aliphatic heterocycles. The van der Waals surface area contributed by atoms with Crippen LogP contribution in [-0.4, -0.2) is 19.4 Å². The van der Waals surface area contributed by atoms with E-state index in [-0.39, 0.29) is 0 Å². The maximum atomic E-state index is 5.44. The average Bonchev–Trinajstić information content (AvgIpc) is 2.45. The van der Waals surface area contributed by atoms with E-state index in [0.717, 1.165) is 23.1 Å². The zero-order valence-electron chi connectivity index (χ0n) is 13.9. The molecule has 0 aromatic heterocycles. The predicted molar refractivity (Wildman–Crippen MR) is 88.3 cm³/mol. The Kier molecular flexibility index (Phi) is 3.59. The van der Waals surface area contributed by atoms with Crippen molar-refractivity contribution in [1.82, 2.24) is 0 Å². The standard InChI is InChI=1S/C19H27NO/c1-12-6-7-18(21-5)14(8-12)11-20-17-10-15-9-16(13(17)2)19(15,3)4/h6-8,11,13,15-17H,9-10H2,1-5H3/b20-11+/t13-,15+,16-,17-/m1/s1. The van der Waals surface area contributed by atoms with Gasteiger partial charge in [-0.05, 0) is 55.1 Å². The number of nitrogens with zero attached hydrogens (tertiary/aromatic N) is 1. The topological polar surface area (TPSA) is 21.6 Å². The highest BCUT2D eigenvalue weighted by Crippen LogP contribution is 2.61. The van der Waals surface area contributed by atoms with Gasteiger partial charge in [-0.25, -0.2) is 0 Å². The molecule has 114 valence electrons. The molecule has 2 heteroatoms. The molecular weight excluding hydrogens is 258 g/mol. The Labute approximate surface area is 128 Å². The fourth-order valence-electron chi connectivity index (χ4n) is 4.45. The predicted octanol–water partition coefficient (Wildman–Crippen LogP) is 4.49. The molecule has 0 radical (unpaired) electrons. The second kappa shape index (κ2) is 5.15. The third-order valence-electron chi connectivity index (χ3n) is 6.10. The van der Waals surface area contributed by atoms with E-state index in [1.54, 1.807) is 7.11 Å². The first-order valence-corrected chi connectivity index (χ1v) is 8.11. The number of fused-ring (bicyclic) bond motifs is 2. The number of aliphatic imine (C=N–C) groups is 1. The van der Waals surface area contributed by atoms with Crippen LogP contribution in [-0.2, 0) is 0 Å². The lowest BCUT2D eigenvalue weighted by molar-refractivity contribution is -0.108. The van der Waals surface area contributed by atoms with Crippen molar-refractivity contribution in [2.45, 2.75) is 46.6 Å². The Bertz CT molecular complexity index is 561. The molecule has 21 heavy (non-hydrogen) atoms. The van der Waals surface area contributed by atoms with E-state index in [4.69, 9.17) is 9.73 Å². The molecule has 2 nitrogen and oxygen atoms in total. The maximum absolute atomic E-state index is 5.44. The van der Waals surface area contributed by atoms with Crippen molar-refractivity contribution in [2.75, 3.05) is 7.11 Å². The van der Waals surface area contributed by atoms with Crippen LogP contribution in [0.3, 0.4) is 0 Å². The first-order chi connectivity index (χ1) is 9.93.